The van der Waals surface area contributed by atoms with E-state index in [4.69, 9.17) is 9.47 Å². The summed E-state index contributed by atoms with van der Waals surface area (Å²) in [6.07, 6.45) is 3.57. The molecule has 0 amide bonds. The smallest absolute Gasteiger partial charge is 0.155 e. The van der Waals surface area contributed by atoms with Gasteiger partial charge in [-0.25, -0.2) is 0 Å². The molecule has 76 valence electrons. The molecule has 0 aromatic carbocycles. The summed E-state index contributed by atoms with van der Waals surface area (Å²) in [5.74, 6) is 0.0838. The lowest BCUT2D eigenvalue weighted by molar-refractivity contribution is -0.114. The Hall–Kier alpha value is -0.670. The van der Waals surface area contributed by atoms with E-state index in [2.05, 4.69) is 6.58 Å². The fraction of sp³-hybridized carbons (Fsp3) is 0.700. The number of carbonyl (C=O) groups is 1. The van der Waals surface area contributed by atoms with Crippen molar-refractivity contribution in [3.8, 4) is 0 Å². The quantitative estimate of drug-likeness (QED) is 0.405. The minimum Gasteiger partial charge on any atom is -0.385 e. The van der Waals surface area contributed by atoms with E-state index in [-0.39, 0.29) is 5.78 Å². The Bertz CT molecular complexity index is 143. The molecule has 0 aliphatic heterocycles. The Morgan fingerprint density at radius 3 is 2.62 bits per heavy atom. The average Bonchev–Trinajstić information content (AvgIpc) is 2.16. The fourth-order valence-corrected chi connectivity index (χ4v) is 0.858. The van der Waals surface area contributed by atoms with Crippen molar-refractivity contribution < 1.29 is 14.3 Å². The van der Waals surface area contributed by atoms with Crippen molar-refractivity contribution in [1.82, 2.24) is 0 Å². The molecule has 0 radical (unpaired) electrons. The average molecular weight is 186 g/mol. The third-order valence-electron chi connectivity index (χ3n) is 1.58. The van der Waals surface area contributed by atoms with Crippen LogP contribution >= 0.6 is 0 Å². The second-order valence-electron chi connectivity index (χ2n) is 2.73. The summed E-state index contributed by atoms with van der Waals surface area (Å²) in [7, 11) is 1.67. The van der Waals surface area contributed by atoms with E-state index in [0.717, 1.165) is 19.4 Å². The predicted molar refractivity (Wildman–Crippen MR) is 51.8 cm³/mol. The van der Waals surface area contributed by atoms with E-state index in [0.29, 0.717) is 19.6 Å². The van der Waals surface area contributed by atoms with Crippen molar-refractivity contribution in [2.24, 2.45) is 0 Å². The van der Waals surface area contributed by atoms with Crippen molar-refractivity contribution in [3.63, 3.8) is 0 Å². The fourth-order valence-electron chi connectivity index (χ4n) is 0.858. The van der Waals surface area contributed by atoms with E-state index in [9.17, 15) is 4.79 Å². The van der Waals surface area contributed by atoms with Crippen molar-refractivity contribution in [1.29, 1.82) is 0 Å². The topological polar surface area (TPSA) is 35.5 Å². The summed E-state index contributed by atoms with van der Waals surface area (Å²) in [4.78, 5) is 10.8. The Balaban J connectivity index is 2.99. The number of hydrogen-bond acceptors (Lipinski definition) is 3. The van der Waals surface area contributed by atoms with Crippen LogP contribution in [0.1, 0.15) is 19.3 Å². The molecule has 0 N–H and O–H groups in total. The van der Waals surface area contributed by atoms with Crippen LogP contribution in [0.5, 0.6) is 0 Å². The van der Waals surface area contributed by atoms with Crippen LogP contribution in [0.3, 0.4) is 0 Å². The molecule has 0 bridgehead atoms. The molecule has 3 heteroatoms. The predicted octanol–water partition coefficient (Wildman–Crippen LogP) is 1.57. The Morgan fingerprint density at radius 1 is 1.31 bits per heavy atom. The molecule has 3 nitrogen and oxygen atoms in total. The van der Waals surface area contributed by atoms with Gasteiger partial charge in [-0.05, 0) is 18.9 Å². The maximum Gasteiger partial charge on any atom is 0.155 e. The van der Waals surface area contributed by atoms with Crippen LogP contribution in [-0.2, 0) is 14.3 Å². The molecule has 0 spiro atoms. The summed E-state index contributed by atoms with van der Waals surface area (Å²) >= 11 is 0. The van der Waals surface area contributed by atoms with Crippen LogP contribution in [0.15, 0.2) is 12.7 Å². The first-order chi connectivity index (χ1) is 6.31. The number of rotatable bonds is 9. The number of methoxy groups -OCH3 is 1. The summed E-state index contributed by atoms with van der Waals surface area (Å²) in [5.41, 5.74) is 0. The van der Waals surface area contributed by atoms with Crippen molar-refractivity contribution in [2.45, 2.75) is 19.3 Å². The molecule has 0 heterocycles. The SMILES string of the molecule is C=CC(=O)CCCOCCCOC. The molecule has 0 rings (SSSR count). The van der Waals surface area contributed by atoms with E-state index < -0.39 is 0 Å². The Kier molecular flexibility index (Phi) is 8.93. The molecule has 0 aliphatic rings. The third kappa shape index (κ3) is 9.24. The van der Waals surface area contributed by atoms with Crippen LogP contribution in [0.25, 0.3) is 0 Å². The van der Waals surface area contributed by atoms with Crippen molar-refractivity contribution in [2.75, 3.05) is 26.9 Å². The Morgan fingerprint density at radius 2 is 2.00 bits per heavy atom. The van der Waals surface area contributed by atoms with E-state index in [1.54, 1.807) is 7.11 Å². The lowest BCUT2D eigenvalue weighted by Gasteiger charge is -2.02. The summed E-state index contributed by atoms with van der Waals surface area (Å²) < 4.78 is 10.1. The highest BCUT2D eigenvalue weighted by atomic mass is 16.5. The zero-order chi connectivity index (χ0) is 9.94. The first kappa shape index (κ1) is 12.3. The van der Waals surface area contributed by atoms with Crippen LogP contribution in [0.2, 0.25) is 0 Å². The molecule has 13 heavy (non-hydrogen) atoms. The number of ketones is 1. The van der Waals surface area contributed by atoms with E-state index in [1.165, 1.54) is 6.08 Å². The van der Waals surface area contributed by atoms with Gasteiger partial charge in [-0.3, -0.25) is 4.79 Å². The van der Waals surface area contributed by atoms with Gasteiger partial charge in [0.05, 0.1) is 0 Å². The molecule has 0 aliphatic carbocycles. The van der Waals surface area contributed by atoms with Gasteiger partial charge in [0.1, 0.15) is 0 Å². The van der Waals surface area contributed by atoms with Gasteiger partial charge in [0, 0.05) is 33.4 Å². The van der Waals surface area contributed by atoms with Gasteiger partial charge in [-0.15, -0.1) is 0 Å². The second kappa shape index (κ2) is 9.42. The van der Waals surface area contributed by atoms with Crippen molar-refractivity contribution in [3.05, 3.63) is 12.7 Å². The van der Waals surface area contributed by atoms with Gasteiger partial charge in [0.25, 0.3) is 0 Å². The molecule has 0 saturated heterocycles. The van der Waals surface area contributed by atoms with Crippen LogP contribution in [-0.4, -0.2) is 32.7 Å². The molecule has 0 fully saturated rings. The largest absolute Gasteiger partial charge is 0.385 e. The summed E-state index contributed by atoms with van der Waals surface area (Å²) in [6, 6.07) is 0. The highest BCUT2D eigenvalue weighted by molar-refractivity contribution is 5.88. The van der Waals surface area contributed by atoms with Gasteiger partial charge in [-0.2, -0.15) is 0 Å². The highest BCUT2D eigenvalue weighted by Gasteiger charge is 1.95. The lowest BCUT2D eigenvalue weighted by Crippen LogP contribution is -2.02. The Labute approximate surface area is 79.7 Å². The monoisotopic (exact) mass is 186 g/mol. The first-order valence-corrected chi connectivity index (χ1v) is 4.53. The third-order valence-corrected chi connectivity index (χ3v) is 1.58. The number of hydrogen-bond donors (Lipinski definition) is 0. The minimum atomic E-state index is 0.0838. The summed E-state index contributed by atoms with van der Waals surface area (Å²) in [5, 5.41) is 0. The van der Waals surface area contributed by atoms with Gasteiger partial charge < -0.3 is 9.47 Å². The van der Waals surface area contributed by atoms with Gasteiger partial charge in [-0.1, -0.05) is 6.58 Å². The standard InChI is InChI=1S/C10H18O3/c1-3-10(11)6-4-8-13-9-5-7-12-2/h3H,1,4-9H2,2H3. The molecule has 0 aromatic rings. The minimum absolute atomic E-state index is 0.0838. The number of ether oxygens (including phenoxy) is 2. The molecule has 0 atom stereocenters. The number of carbonyl (C=O) groups excluding carboxylic acids is 1. The second-order valence-corrected chi connectivity index (χ2v) is 2.73. The maximum atomic E-state index is 10.8. The summed E-state index contributed by atoms with van der Waals surface area (Å²) in [6.45, 7) is 5.47. The van der Waals surface area contributed by atoms with E-state index in [1.807, 2.05) is 0 Å². The first-order valence-electron chi connectivity index (χ1n) is 4.53. The van der Waals surface area contributed by atoms with Crippen molar-refractivity contribution >= 4 is 5.78 Å². The maximum absolute atomic E-state index is 10.8. The van der Waals surface area contributed by atoms with Crippen LogP contribution < -0.4 is 0 Å². The molecule has 0 aromatic heterocycles. The van der Waals surface area contributed by atoms with Gasteiger partial charge in [0.2, 0.25) is 0 Å². The molecule has 0 unspecified atom stereocenters. The molecular weight excluding hydrogens is 168 g/mol. The molecular formula is C10H18O3. The van der Waals surface area contributed by atoms with E-state index >= 15 is 0 Å². The number of allylic oxidation sites excluding steroid dienone is 1. The zero-order valence-corrected chi connectivity index (χ0v) is 8.25. The normalized spacial score (nSPS) is 9.92. The van der Waals surface area contributed by atoms with Crippen LogP contribution in [0, 0.1) is 0 Å². The highest BCUT2D eigenvalue weighted by Crippen LogP contribution is 1.93. The molecule has 0 saturated carbocycles. The van der Waals surface area contributed by atoms with Gasteiger partial charge in [0.15, 0.2) is 5.78 Å². The van der Waals surface area contributed by atoms with Gasteiger partial charge >= 0.3 is 0 Å². The van der Waals surface area contributed by atoms with Crippen LogP contribution in [0.4, 0.5) is 0 Å². The zero-order valence-electron chi connectivity index (χ0n) is 8.25. The lowest BCUT2D eigenvalue weighted by atomic mass is 10.2.